The second-order valence-corrected chi connectivity index (χ2v) is 6.07. The molecule has 0 aromatic heterocycles. The van der Waals surface area contributed by atoms with E-state index in [9.17, 15) is 0 Å². The molecule has 1 aliphatic carbocycles. The summed E-state index contributed by atoms with van der Waals surface area (Å²) < 4.78 is 0. The van der Waals surface area contributed by atoms with Crippen molar-refractivity contribution >= 4 is 0 Å². The Morgan fingerprint density at radius 2 is 1.56 bits per heavy atom. The maximum Gasteiger partial charge on any atom is 0.00953 e. The van der Waals surface area contributed by atoms with Gasteiger partial charge in [-0.25, -0.2) is 0 Å². The molecule has 2 heterocycles. The van der Waals surface area contributed by atoms with Crippen LogP contribution in [-0.4, -0.2) is 37.1 Å². The first kappa shape index (κ1) is 11.0. The summed E-state index contributed by atoms with van der Waals surface area (Å²) in [6.07, 6.45) is 10.3. The molecule has 0 spiro atoms. The molecule has 16 heavy (non-hydrogen) atoms. The molecule has 3 fully saturated rings. The molecule has 3 rings (SSSR count). The van der Waals surface area contributed by atoms with Gasteiger partial charge in [0.25, 0.3) is 0 Å². The summed E-state index contributed by atoms with van der Waals surface area (Å²) in [5.74, 6) is 2.07. The summed E-state index contributed by atoms with van der Waals surface area (Å²) in [7, 11) is 0. The Kier molecular flexibility index (Phi) is 3.49. The summed E-state index contributed by atoms with van der Waals surface area (Å²) in [4.78, 5) is 2.82. The van der Waals surface area contributed by atoms with Gasteiger partial charge in [-0.2, -0.15) is 0 Å². The van der Waals surface area contributed by atoms with E-state index in [-0.39, 0.29) is 0 Å². The standard InChI is InChI=1S/C14H26N2/c1-2-4-14(3-1)16-10-7-13(11-16)12-5-8-15-9-6-12/h12-15H,1-11H2. The number of nitrogens with zero attached hydrogens (tertiary/aromatic N) is 1. The third kappa shape index (κ3) is 2.28. The molecule has 1 saturated carbocycles. The fourth-order valence-electron chi connectivity index (χ4n) is 4.12. The van der Waals surface area contributed by atoms with Gasteiger partial charge >= 0.3 is 0 Å². The Labute approximate surface area is 99.8 Å². The van der Waals surface area contributed by atoms with E-state index in [2.05, 4.69) is 10.2 Å². The Balaban J connectivity index is 1.51. The topological polar surface area (TPSA) is 15.3 Å². The molecule has 0 bridgehead atoms. The summed E-state index contributed by atoms with van der Waals surface area (Å²) >= 11 is 0. The van der Waals surface area contributed by atoms with Crippen molar-refractivity contribution in [3.05, 3.63) is 0 Å². The molecule has 92 valence electrons. The zero-order valence-corrected chi connectivity index (χ0v) is 10.5. The highest BCUT2D eigenvalue weighted by atomic mass is 15.2. The maximum absolute atomic E-state index is 3.49. The van der Waals surface area contributed by atoms with Gasteiger partial charge in [-0.3, -0.25) is 0 Å². The lowest BCUT2D eigenvalue weighted by Gasteiger charge is -2.29. The minimum Gasteiger partial charge on any atom is -0.317 e. The number of hydrogen-bond acceptors (Lipinski definition) is 2. The van der Waals surface area contributed by atoms with E-state index in [4.69, 9.17) is 0 Å². The van der Waals surface area contributed by atoms with Gasteiger partial charge in [0.05, 0.1) is 0 Å². The van der Waals surface area contributed by atoms with Crippen molar-refractivity contribution in [1.82, 2.24) is 10.2 Å². The highest BCUT2D eigenvalue weighted by Gasteiger charge is 2.33. The molecule has 0 amide bonds. The van der Waals surface area contributed by atoms with Crippen LogP contribution in [0.25, 0.3) is 0 Å². The highest BCUT2D eigenvalue weighted by Crippen LogP contribution is 2.34. The van der Waals surface area contributed by atoms with Crippen LogP contribution in [0.4, 0.5) is 0 Å². The molecule has 0 aromatic rings. The summed E-state index contributed by atoms with van der Waals surface area (Å²) in [6.45, 7) is 5.36. The van der Waals surface area contributed by atoms with E-state index in [1.165, 1.54) is 71.1 Å². The number of hydrogen-bond donors (Lipinski definition) is 1. The van der Waals surface area contributed by atoms with Crippen molar-refractivity contribution in [3.8, 4) is 0 Å². The average Bonchev–Trinajstić information content (AvgIpc) is 3.01. The normalized spacial score (nSPS) is 34.9. The molecule has 1 unspecified atom stereocenters. The fraction of sp³-hybridized carbons (Fsp3) is 1.00. The highest BCUT2D eigenvalue weighted by molar-refractivity contribution is 4.88. The SMILES string of the molecule is C1CCC(N2CCC(C3CCNCC3)C2)C1. The van der Waals surface area contributed by atoms with E-state index in [0.717, 1.165) is 17.9 Å². The Morgan fingerprint density at radius 3 is 2.31 bits per heavy atom. The molecule has 2 aliphatic heterocycles. The molecule has 2 heteroatoms. The lowest BCUT2D eigenvalue weighted by Crippen LogP contribution is -2.35. The van der Waals surface area contributed by atoms with Gasteiger partial charge in [0.1, 0.15) is 0 Å². The van der Waals surface area contributed by atoms with Gasteiger partial charge in [0.15, 0.2) is 0 Å². The second-order valence-electron chi connectivity index (χ2n) is 6.07. The van der Waals surface area contributed by atoms with Crippen LogP contribution in [0.3, 0.4) is 0 Å². The predicted octanol–water partition coefficient (Wildman–Crippen LogP) is 2.25. The van der Waals surface area contributed by atoms with Gasteiger partial charge in [-0.1, -0.05) is 12.8 Å². The quantitative estimate of drug-likeness (QED) is 0.771. The van der Waals surface area contributed by atoms with E-state index in [1.807, 2.05) is 0 Å². The van der Waals surface area contributed by atoms with Crippen LogP contribution in [0.5, 0.6) is 0 Å². The zero-order valence-electron chi connectivity index (χ0n) is 10.5. The predicted molar refractivity (Wildman–Crippen MR) is 67.5 cm³/mol. The maximum atomic E-state index is 3.49. The molecular weight excluding hydrogens is 196 g/mol. The second kappa shape index (κ2) is 5.05. The van der Waals surface area contributed by atoms with Gasteiger partial charge in [0.2, 0.25) is 0 Å². The van der Waals surface area contributed by atoms with Gasteiger partial charge in [-0.05, 0) is 63.6 Å². The molecule has 2 saturated heterocycles. The van der Waals surface area contributed by atoms with E-state index < -0.39 is 0 Å². The molecular formula is C14H26N2. The molecule has 2 nitrogen and oxygen atoms in total. The Hall–Kier alpha value is -0.0800. The van der Waals surface area contributed by atoms with E-state index in [0.29, 0.717) is 0 Å². The molecule has 1 atom stereocenters. The first-order valence-corrected chi connectivity index (χ1v) is 7.38. The number of piperidine rings is 1. The lowest BCUT2D eigenvalue weighted by molar-refractivity contribution is 0.207. The summed E-state index contributed by atoms with van der Waals surface area (Å²) in [6, 6.07) is 0.965. The van der Waals surface area contributed by atoms with Crippen LogP contribution >= 0.6 is 0 Å². The lowest BCUT2D eigenvalue weighted by atomic mass is 9.84. The van der Waals surface area contributed by atoms with Crippen molar-refractivity contribution < 1.29 is 0 Å². The van der Waals surface area contributed by atoms with Gasteiger partial charge in [-0.15, -0.1) is 0 Å². The van der Waals surface area contributed by atoms with Crippen LogP contribution in [0.1, 0.15) is 44.9 Å². The number of rotatable bonds is 2. The Morgan fingerprint density at radius 1 is 0.812 bits per heavy atom. The molecule has 0 aromatic carbocycles. The third-order valence-electron chi connectivity index (χ3n) is 5.15. The van der Waals surface area contributed by atoms with Crippen molar-refractivity contribution in [3.63, 3.8) is 0 Å². The molecule has 1 N–H and O–H groups in total. The van der Waals surface area contributed by atoms with Crippen molar-refractivity contribution in [1.29, 1.82) is 0 Å². The van der Waals surface area contributed by atoms with Gasteiger partial charge < -0.3 is 10.2 Å². The van der Waals surface area contributed by atoms with Crippen molar-refractivity contribution in [2.75, 3.05) is 26.2 Å². The largest absolute Gasteiger partial charge is 0.317 e. The molecule has 0 radical (unpaired) electrons. The van der Waals surface area contributed by atoms with Crippen molar-refractivity contribution in [2.45, 2.75) is 51.0 Å². The zero-order chi connectivity index (χ0) is 10.8. The molecule has 3 aliphatic rings. The average molecular weight is 222 g/mol. The van der Waals surface area contributed by atoms with Crippen LogP contribution in [0, 0.1) is 11.8 Å². The minimum absolute atomic E-state index is 0.965. The Bertz CT molecular complexity index is 217. The summed E-state index contributed by atoms with van der Waals surface area (Å²) in [5, 5.41) is 3.49. The van der Waals surface area contributed by atoms with Crippen LogP contribution in [0.15, 0.2) is 0 Å². The van der Waals surface area contributed by atoms with Crippen LogP contribution < -0.4 is 5.32 Å². The summed E-state index contributed by atoms with van der Waals surface area (Å²) in [5.41, 5.74) is 0. The van der Waals surface area contributed by atoms with Crippen LogP contribution in [0.2, 0.25) is 0 Å². The van der Waals surface area contributed by atoms with Gasteiger partial charge in [0, 0.05) is 12.6 Å². The third-order valence-corrected chi connectivity index (χ3v) is 5.15. The number of likely N-dealkylation sites (tertiary alicyclic amines) is 1. The van der Waals surface area contributed by atoms with Crippen molar-refractivity contribution in [2.24, 2.45) is 11.8 Å². The minimum atomic E-state index is 0.965. The van der Waals surface area contributed by atoms with E-state index in [1.54, 1.807) is 0 Å². The first-order chi connectivity index (χ1) is 7.93. The first-order valence-electron chi connectivity index (χ1n) is 7.38. The van der Waals surface area contributed by atoms with Crippen LogP contribution in [-0.2, 0) is 0 Å². The smallest absolute Gasteiger partial charge is 0.00953 e. The number of nitrogens with one attached hydrogen (secondary N) is 1. The monoisotopic (exact) mass is 222 g/mol. The van der Waals surface area contributed by atoms with E-state index >= 15 is 0 Å². The fourth-order valence-corrected chi connectivity index (χ4v) is 4.12.